The molecular weight excluding hydrogens is 779 g/mol. The number of aromatic nitrogens is 1. The number of aryl methyl sites for hydroxylation is 1. The second-order valence-electron chi connectivity index (χ2n) is 14.2. The van der Waals surface area contributed by atoms with Gasteiger partial charge in [0.1, 0.15) is 30.1 Å². The zero-order valence-electron chi connectivity index (χ0n) is 31.8. The summed E-state index contributed by atoms with van der Waals surface area (Å²) in [6, 6.07) is 30.2. The maximum Gasteiger partial charge on any atom is 0.311 e. The van der Waals surface area contributed by atoms with E-state index in [4.69, 9.17) is 47.5 Å². The number of aliphatic hydroxyl groups is 2. The maximum absolute atomic E-state index is 12.0. The Hall–Kier alpha value is -5.66. The fourth-order valence-electron chi connectivity index (χ4n) is 6.87. The van der Waals surface area contributed by atoms with Crippen molar-refractivity contribution in [3.63, 3.8) is 0 Å². The zero-order chi connectivity index (χ0) is 41.2. The highest BCUT2D eigenvalue weighted by Gasteiger charge is 2.33. The Morgan fingerprint density at radius 2 is 1.62 bits per heavy atom. The third kappa shape index (κ3) is 9.71. The number of rotatable bonds is 18. The van der Waals surface area contributed by atoms with Gasteiger partial charge in [-0.15, -0.1) is 0 Å². The third-order valence-corrected chi connectivity index (χ3v) is 10.9. The number of fused-ring (bicyclic) bond motifs is 1. The molecule has 0 fully saturated rings. The lowest BCUT2D eigenvalue weighted by molar-refractivity contribution is -0.150. The van der Waals surface area contributed by atoms with Crippen LogP contribution in [0.1, 0.15) is 59.3 Å². The minimum atomic E-state index is -1.41. The molecule has 0 saturated carbocycles. The van der Waals surface area contributed by atoms with Gasteiger partial charge in [-0.3, -0.25) is 4.79 Å². The second-order valence-corrected chi connectivity index (χ2v) is 15.0. The van der Waals surface area contributed by atoms with Crippen LogP contribution in [-0.2, 0) is 24.2 Å². The van der Waals surface area contributed by atoms with Crippen LogP contribution < -0.4 is 19.5 Å². The van der Waals surface area contributed by atoms with E-state index >= 15 is 0 Å². The lowest BCUT2D eigenvalue weighted by atomic mass is 9.85. The number of hydrogen-bond acceptors (Lipinski definition) is 10. The Bertz CT molecular complexity index is 2330. The quantitative estimate of drug-likeness (QED) is 0.0628. The van der Waals surface area contributed by atoms with Gasteiger partial charge >= 0.3 is 5.97 Å². The number of aliphatic hydroxyl groups excluding tert-OH is 2. The van der Waals surface area contributed by atoms with E-state index in [1.165, 1.54) is 13.0 Å². The molecule has 0 bridgehead atoms. The first-order chi connectivity index (χ1) is 28.1. The van der Waals surface area contributed by atoms with Crippen molar-refractivity contribution in [3.8, 4) is 51.9 Å². The van der Waals surface area contributed by atoms with Crippen LogP contribution in [0.3, 0.4) is 0 Å². The molecule has 11 nitrogen and oxygen atoms in total. The number of hydrogen-bond donors (Lipinski definition) is 4. The first-order valence-electron chi connectivity index (χ1n) is 18.8. The molecule has 0 aliphatic heterocycles. The van der Waals surface area contributed by atoms with Gasteiger partial charge in [-0.1, -0.05) is 71.7 Å². The van der Waals surface area contributed by atoms with Gasteiger partial charge in [0.25, 0.3) is 0 Å². The summed E-state index contributed by atoms with van der Waals surface area (Å²) in [6.07, 6.45) is 1.19. The van der Waals surface area contributed by atoms with Crippen molar-refractivity contribution in [3.05, 3.63) is 128 Å². The molecule has 0 radical (unpaired) electrons. The Morgan fingerprint density at radius 1 is 0.914 bits per heavy atom. The van der Waals surface area contributed by atoms with Crippen molar-refractivity contribution in [2.45, 2.75) is 45.3 Å². The van der Waals surface area contributed by atoms with E-state index in [1.807, 2.05) is 54.6 Å². The topological polar surface area (TPSA) is 178 Å². The van der Waals surface area contributed by atoms with Crippen LogP contribution in [0.4, 0.5) is 0 Å². The molecule has 1 aliphatic rings. The van der Waals surface area contributed by atoms with E-state index in [0.29, 0.717) is 59.8 Å². The van der Waals surface area contributed by atoms with Gasteiger partial charge in [-0.25, -0.2) is 0 Å². The van der Waals surface area contributed by atoms with Gasteiger partial charge in [0.05, 0.1) is 46.9 Å². The number of carboxylic acid groups (broad SMARTS) is 1. The summed E-state index contributed by atoms with van der Waals surface area (Å²) in [5.74, 6) is -0.125. The van der Waals surface area contributed by atoms with Crippen LogP contribution in [-0.4, -0.2) is 59.2 Å². The number of pyridine rings is 1. The van der Waals surface area contributed by atoms with Crippen LogP contribution in [0.25, 0.3) is 22.3 Å². The highest BCUT2D eigenvalue weighted by atomic mass is 35.5. The van der Waals surface area contributed by atoms with Crippen molar-refractivity contribution < 1.29 is 34.3 Å². The molecule has 58 heavy (non-hydrogen) atoms. The van der Waals surface area contributed by atoms with Crippen molar-refractivity contribution >= 4 is 29.2 Å². The van der Waals surface area contributed by atoms with Gasteiger partial charge < -0.3 is 34.8 Å². The first-order valence-corrected chi connectivity index (χ1v) is 19.6. The Balaban J connectivity index is 1.25. The predicted molar refractivity (Wildman–Crippen MR) is 220 cm³/mol. The maximum atomic E-state index is 12.0. The smallest absolute Gasteiger partial charge is 0.311 e. The van der Waals surface area contributed by atoms with Gasteiger partial charge in [0.2, 0.25) is 11.8 Å². The van der Waals surface area contributed by atoms with Gasteiger partial charge in [-0.2, -0.15) is 15.5 Å². The van der Waals surface area contributed by atoms with Crippen LogP contribution in [0.5, 0.6) is 17.5 Å². The number of benzene rings is 4. The van der Waals surface area contributed by atoms with E-state index in [9.17, 15) is 25.5 Å². The second kappa shape index (κ2) is 19.2. The predicted octanol–water partition coefficient (Wildman–Crippen LogP) is 8.09. The minimum absolute atomic E-state index is 0.0430. The average molecular weight is 822 g/mol. The zero-order valence-corrected chi connectivity index (χ0v) is 33.3. The molecule has 298 valence electrons. The molecular formula is C45H42Cl2N4O7. The monoisotopic (exact) mass is 820 g/mol. The van der Waals surface area contributed by atoms with E-state index < -0.39 is 24.1 Å². The number of halogens is 2. The van der Waals surface area contributed by atoms with Crippen LogP contribution >= 0.6 is 23.2 Å². The summed E-state index contributed by atoms with van der Waals surface area (Å²) in [5, 5.41) is 51.4. The number of nitrogens with one attached hydrogen (secondary N) is 1. The minimum Gasteiger partial charge on any atom is -0.492 e. The third-order valence-electron chi connectivity index (χ3n) is 10.2. The van der Waals surface area contributed by atoms with Crippen molar-refractivity contribution in [1.82, 2.24) is 10.3 Å². The molecule has 6 rings (SSSR count). The van der Waals surface area contributed by atoms with Crippen molar-refractivity contribution in [2.75, 3.05) is 32.9 Å². The SMILES string of the molecule is C[C@@](CO)(CCc1cc(Cl)c(O[C@H]2CCc3c(-c4cccc(-c5ccc(OCCNCCO)cc5)c4Cl)cccc32)nc1OCc1cc(C#N)cc(C#N)c1)C(=O)O. The average Bonchev–Trinajstić information content (AvgIpc) is 3.65. The summed E-state index contributed by atoms with van der Waals surface area (Å²) in [4.78, 5) is 16.7. The fourth-order valence-corrected chi connectivity index (χ4v) is 7.42. The van der Waals surface area contributed by atoms with E-state index in [2.05, 4.69) is 23.5 Å². The summed E-state index contributed by atoms with van der Waals surface area (Å²) in [7, 11) is 0. The summed E-state index contributed by atoms with van der Waals surface area (Å²) < 4.78 is 18.5. The molecule has 5 aromatic rings. The Kier molecular flexibility index (Phi) is 13.9. The van der Waals surface area contributed by atoms with Gasteiger partial charge in [0, 0.05) is 29.8 Å². The molecule has 13 heteroatoms. The lowest BCUT2D eigenvalue weighted by Crippen LogP contribution is -2.32. The number of ether oxygens (including phenoxy) is 3. The number of nitrogens with zero attached hydrogens (tertiary/aromatic N) is 3. The number of carbonyl (C=O) groups is 1. The first kappa shape index (κ1) is 42.0. The Labute approximate surface area is 347 Å². The molecule has 0 unspecified atom stereocenters. The molecule has 1 heterocycles. The molecule has 1 aromatic heterocycles. The molecule has 0 saturated heterocycles. The number of aliphatic carboxylic acids is 1. The van der Waals surface area contributed by atoms with E-state index in [1.54, 1.807) is 18.2 Å². The number of carboxylic acids is 1. The molecule has 0 spiro atoms. The van der Waals surface area contributed by atoms with E-state index in [-0.39, 0.29) is 42.8 Å². The Morgan fingerprint density at radius 3 is 2.31 bits per heavy atom. The van der Waals surface area contributed by atoms with Crippen molar-refractivity contribution in [2.24, 2.45) is 5.41 Å². The summed E-state index contributed by atoms with van der Waals surface area (Å²) >= 11 is 14.0. The van der Waals surface area contributed by atoms with Crippen LogP contribution in [0.2, 0.25) is 10.0 Å². The highest BCUT2D eigenvalue weighted by molar-refractivity contribution is 6.36. The highest BCUT2D eigenvalue weighted by Crippen LogP contribution is 2.45. The fraction of sp³-hybridized carbons (Fsp3) is 0.289. The molecule has 4 aromatic carbocycles. The van der Waals surface area contributed by atoms with Crippen LogP contribution in [0.15, 0.2) is 84.9 Å². The van der Waals surface area contributed by atoms with Gasteiger partial charge in [0.15, 0.2) is 0 Å². The van der Waals surface area contributed by atoms with Crippen LogP contribution in [0, 0.1) is 28.1 Å². The summed E-state index contributed by atoms with van der Waals surface area (Å²) in [5.41, 5.74) is 6.04. The lowest BCUT2D eigenvalue weighted by Gasteiger charge is -2.23. The molecule has 1 aliphatic carbocycles. The van der Waals surface area contributed by atoms with Crippen molar-refractivity contribution in [1.29, 1.82) is 10.5 Å². The van der Waals surface area contributed by atoms with Gasteiger partial charge in [-0.05, 0) is 96.8 Å². The molecule has 4 N–H and O–H groups in total. The molecule has 2 atom stereocenters. The largest absolute Gasteiger partial charge is 0.492 e. The number of nitriles is 2. The standard InChI is InChI=1S/C45H42Cl2N4O7/c1-45(27-53,44(54)55)15-14-32-23-39(46)43(51-42(32)57-26-30-21-28(24-48)20-29(22-30)25-49)58-40-13-12-36-35(5-3-6-37(36)40)38-7-2-4-34(41(38)47)31-8-10-33(11-9-31)56-19-17-50-16-18-52/h2-11,20-23,40,50,52-53H,12-19,26-27H2,1H3,(H,54,55)/t40-,45-/m0/s1. The molecule has 0 amide bonds. The summed E-state index contributed by atoms with van der Waals surface area (Å²) in [6.45, 7) is 2.56. The van der Waals surface area contributed by atoms with E-state index in [0.717, 1.165) is 39.1 Å². The normalized spacial score (nSPS) is 14.2.